The largest absolute Gasteiger partial charge is 0.234 e. The Labute approximate surface area is 155 Å². The first-order valence-electron chi connectivity index (χ1n) is 9.63. The fraction of sp³-hybridized carbons (Fsp3) is 0.550. The molecule has 4 aliphatic rings. The van der Waals surface area contributed by atoms with Gasteiger partial charge in [-0.2, -0.15) is 9.61 Å². The van der Waals surface area contributed by atoms with E-state index in [9.17, 15) is 4.39 Å². The summed E-state index contributed by atoms with van der Waals surface area (Å²) in [5.74, 6) is 3.06. The predicted octanol–water partition coefficient (Wildman–Crippen LogP) is 4.75. The highest BCUT2D eigenvalue weighted by atomic mass is 32.1. The summed E-state index contributed by atoms with van der Waals surface area (Å²) < 4.78 is 15.9. The minimum Gasteiger partial charge on any atom is -0.206 e. The average molecular weight is 368 g/mol. The number of hydrogen-bond acceptors (Lipinski definition) is 4. The van der Waals surface area contributed by atoms with Crippen LogP contribution in [0.2, 0.25) is 0 Å². The van der Waals surface area contributed by atoms with Gasteiger partial charge in [0, 0.05) is 6.42 Å². The van der Waals surface area contributed by atoms with Gasteiger partial charge in [0.25, 0.3) is 0 Å². The van der Waals surface area contributed by atoms with Crippen LogP contribution in [0.15, 0.2) is 24.3 Å². The molecule has 0 radical (unpaired) electrons. The molecule has 3 aromatic rings. The molecule has 2 heterocycles. The van der Waals surface area contributed by atoms with Crippen molar-refractivity contribution in [3.05, 3.63) is 35.1 Å². The normalized spacial score (nSPS) is 32.6. The van der Waals surface area contributed by atoms with E-state index in [1.54, 1.807) is 28.0 Å². The quantitative estimate of drug-likeness (QED) is 0.670. The molecule has 0 aliphatic heterocycles. The molecule has 2 aromatic heterocycles. The van der Waals surface area contributed by atoms with E-state index in [2.05, 4.69) is 10.2 Å². The lowest BCUT2D eigenvalue weighted by molar-refractivity contribution is -0.0522. The fourth-order valence-electron chi connectivity index (χ4n) is 6.37. The third-order valence-electron chi connectivity index (χ3n) is 6.84. The van der Waals surface area contributed by atoms with Crippen LogP contribution in [0.4, 0.5) is 4.39 Å². The Morgan fingerprint density at radius 3 is 2.42 bits per heavy atom. The Bertz CT molecular complexity index is 955. The first-order chi connectivity index (χ1) is 12.7. The van der Waals surface area contributed by atoms with Crippen LogP contribution in [-0.4, -0.2) is 19.8 Å². The maximum Gasteiger partial charge on any atom is 0.234 e. The number of halogens is 1. The molecule has 4 bridgehead atoms. The van der Waals surface area contributed by atoms with Crippen molar-refractivity contribution in [3.8, 4) is 11.4 Å². The molecule has 0 saturated heterocycles. The van der Waals surface area contributed by atoms with E-state index in [4.69, 9.17) is 5.10 Å². The van der Waals surface area contributed by atoms with Gasteiger partial charge in [-0.25, -0.2) is 4.39 Å². The lowest BCUT2D eigenvalue weighted by Gasteiger charge is -2.56. The van der Waals surface area contributed by atoms with Crippen LogP contribution in [-0.2, 0) is 6.42 Å². The summed E-state index contributed by atoms with van der Waals surface area (Å²) >= 11 is 1.62. The number of fused-ring (bicyclic) bond motifs is 1. The van der Waals surface area contributed by atoms with Crippen molar-refractivity contribution in [2.45, 2.75) is 44.9 Å². The maximum atomic E-state index is 14.2. The van der Waals surface area contributed by atoms with Gasteiger partial charge in [-0.05, 0) is 73.8 Å². The molecule has 4 saturated carbocycles. The number of aromatic nitrogens is 4. The van der Waals surface area contributed by atoms with Gasteiger partial charge in [-0.1, -0.05) is 23.5 Å². The second-order valence-corrected chi connectivity index (χ2v) is 9.83. The summed E-state index contributed by atoms with van der Waals surface area (Å²) in [7, 11) is 0. The van der Waals surface area contributed by atoms with Gasteiger partial charge in [-0.3, -0.25) is 0 Å². The molecule has 26 heavy (non-hydrogen) atoms. The second-order valence-electron chi connectivity index (χ2n) is 8.79. The van der Waals surface area contributed by atoms with Gasteiger partial charge in [0.2, 0.25) is 4.96 Å². The molecule has 1 aromatic carbocycles. The smallest absolute Gasteiger partial charge is 0.206 e. The lowest BCUT2D eigenvalue weighted by atomic mass is 9.49. The standard InChI is InChI=1S/C20H21FN4S/c21-16-4-2-1-3-15(16)18-22-23-19-25(18)24-17(26-19)11-20-8-12-5-13(9-20)7-14(6-12)10-20/h1-4,12-14H,5-11H2. The van der Waals surface area contributed by atoms with Gasteiger partial charge in [0.15, 0.2) is 5.82 Å². The Kier molecular flexibility index (Phi) is 3.14. The summed E-state index contributed by atoms with van der Waals surface area (Å²) in [6, 6.07) is 6.71. The maximum absolute atomic E-state index is 14.2. The van der Waals surface area contributed by atoms with Crippen molar-refractivity contribution < 1.29 is 4.39 Å². The molecule has 0 spiro atoms. The zero-order valence-electron chi connectivity index (χ0n) is 14.6. The molecule has 0 N–H and O–H groups in total. The molecule has 6 heteroatoms. The molecule has 0 amide bonds. The highest BCUT2D eigenvalue weighted by Gasteiger charge is 2.51. The molecule has 4 fully saturated rings. The number of hydrogen-bond donors (Lipinski definition) is 0. The van der Waals surface area contributed by atoms with Gasteiger partial charge >= 0.3 is 0 Å². The van der Waals surface area contributed by atoms with Crippen LogP contribution in [0.1, 0.15) is 43.5 Å². The SMILES string of the molecule is Fc1ccccc1-c1nnc2sc(CC34CC5CC(CC(C5)C3)C4)nn12. The Morgan fingerprint density at radius 1 is 1.04 bits per heavy atom. The summed E-state index contributed by atoms with van der Waals surface area (Å²) in [6.07, 6.45) is 9.56. The second kappa shape index (κ2) is 5.35. The average Bonchev–Trinajstić information content (AvgIpc) is 3.13. The highest BCUT2D eigenvalue weighted by Crippen LogP contribution is 2.61. The minimum absolute atomic E-state index is 0.280. The van der Waals surface area contributed by atoms with Crippen LogP contribution in [0.3, 0.4) is 0 Å². The first kappa shape index (κ1) is 15.3. The summed E-state index contributed by atoms with van der Waals surface area (Å²) in [5, 5.41) is 14.4. The Hall–Kier alpha value is -1.82. The van der Waals surface area contributed by atoms with Crippen molar-refractivity contribution in [2.24, 2.45) is 23.2 Å². The number of rotatable bonds is 3. The lowest BCUT2D eigenvalue weighted by Crippen LogP contribution is -2.47. The van der Waals surface area contributed by atoms with Crippen LogP contribution >= 0.6 is 11.3 Å². The summed E-state index contributed by atoms with van der Waals surface area (Å²) in [4.78, 5) is 0.767. The van der Waals surface area contributed by atoms with E-state index in [-0.39, 0.29) is 5.82 Å². The van der Waals surface area contributed by atoms with Crippen LogP contribution in [0.25, 0.3) is 16.3 Å². The highest BCUT2D eigenvalue weighted by molar-refractivity contribution is 7.16. The molecule has 0 unspecified atom stereocenters. The van der Waals surface area contributed by atoms with Gasteiger partial charge in [0.05, 0.1) is 5.56 Å². The minimum atomic E-state index is -0.280. The van der Waals surface area contributed by atoms with E-state index in [0.29, 0.717) is 16.8 Å². The molecule has 4 aliphatic carbocycles. The van der Waals surface area contributed by atoms with E-state index in [1.807, 2.05) is 6.07 Å². The molecule has 4 nitrogen and oxygen atoms in total. The van der Waals surface area contributed by atoms with Gasteiger partial charge in [-0.15, -0.1) is 10.2 Å². The fourth-order valence-corrected chi connectivity index (χ4v) is 7.37. The van der Waals surface area contributed by atoms with Crippen molar-refractivity contribution >= 4 is 16.3 Å². The van der Waals surface area contributed by atoms with E-state index in [1.165, 1.54) is 44.6 Å². The summed E-state index contributed by atoms with van der Waals surface area (Å²) in [5.41, 5.74) is 0.919. The predicted molar refractivity (Wildman–Crippen MR) is 98.4 cm³/mol. The van der Waals surface area contributed by atoms with Gasteiger partial charge in [0.1, 0.15) is 10.8 Å². The van der Waals surface area contributed by atoms with E-state index in [0.717, 1.165) is 34.1 Å². The van der Waals surface area contributed by atoms with Crippen molar-refractivity contribution in [1.29, 1.82) is 0 Å². The molecule has 134 valence electrons. The number of benzene rings is 1. The van der Waals surface area contributed by atoms with Crippen molar-refractivity contribution in [2.75, 3.05) is 0 Å². The van der Waals surface area contributed by atoms with Gasteiger partial charge < -0.3 is 0 Å². The van der Waals surface area contributed by atoms with Crippen molar-refractivity contribution in [3.63, 3.8) is 0 Å². The summed E-state index contributed by atoms with van der Waals surface area (Å²) in [6.45, 7) is 0. The Morgan fingerprint density at radius 2 is 1.73 bits per heavy atom. The molecular weight excluding hydrogens is 347 g/mol. The zero-order chi connectivity index (χ0) is 17.3. The third-order valence-corrected chi connectivity index (χ3v) is 7.74. The van der Waals surface area contributed by atoms with Crippen LogP contribution in [0, 0.1) is 29.0 Å². The topological polar surface area (TPSA) is 43.1 Å². The molecule has 7 rings (SSSR count). The zero-order valence-corrected chi connectivity index (χ0v) is 15.4. The first-order valence-corrected chi connectivity index (χ1v) is 10.5. The van der Waals surface area contributed by atoms with Crippen LogP contribution < -0.4 is 0 Å². The monoisotopic (exact) mass is 368 g/mol. The number of nitrogens with zero attached hydrogens (tertiary/aromatic N) is 4. The molecule has 0 atom stereocenters. The van der Waals surface area contributed by atoms with E-state index < -0.39 is 0 Å². The van der Waals surface area contributed by atoms with E-state index >= 15 is 0 Å². The van der Waals surface area contributed by atoms with Crippen LogP contribution in [0.5, 0.6) is 0 Å². The third kappa shape index (κ3) is 2.27. The molecular formula is C20H21FN4S. The Balaban J connectivity index is 1.35. The van der Waals surface area contributed by atoms with Crippen molar-refractivity contribution in [1.82, 2.24) is 19.8 Å².